The number of rotatable bonds is 2. The summed E-state index contributed by atoms with van der Waals surface area (Å²) in [5.74, 6) is 5.57. The number of benzene rings is 1. The number of hydrogen-bond acceptors (Lipinski definition) is 3. The lowest BCUT2D eigenvalue weighted by atomic mass is 9.81. The number of carbonyl (C=O) groups excluding carboxylic acids is 2. The van der Waals surface area contributed by atoms with Crippen molar-refractivity contribution in [2.75, 3.05) is 6.54 Å². The molecule has 4 heteroatoms. The molecular formula is C17H20N2O2. The average Bonchev–Trinajstić information content (AvgIpc) is 2.40. The fourth-order valence-corrected chi connectivity index (χ4v) is 2.48. The number of likely N-dealkylation sites (tertiary alicyclic amines) is 1. The van der Waals surface area contributed by atoms with Crippen molar-refractivity contribution < 1.29 is 9.59 Å². The maximum absolute atomic E-state index is 12.2. The van der Waals surface area contributed by atoms with Crippen LogP contribution in [0.3, 0.4) is 0 Å². The van der Waals surface area contributed by atoms with Crippen LogP contribution in [0.15, 0.2) is 24.3 Å². The zero-order valence-corrected chi connectivity index (χ0v) is 12.5. The van der Waals surface area contributed by atoms with Gasteiger partial charge in [0.1, 0.15) is 0 Å². The molecule has 0 bridgehead atoms. The van der Waals surface area contributed by atoms with Gasteiger partial charge in [-0.3, -0.25) is 14.5 Å². The molecule has 1 aromatic carbocycles. The highest BCUT2D eigenvalue weighted by atomic mass is 16.2. The topological polar surface area (TPSA) is 63.4 Å². The second kappa shape index (κ2) is 6.11. The summed E-state index contributed by atoms with van der Waals surface area (Å²) in [6, 6.07) is 7.53. The predicted molar refractivity (Wildman–Crippen MR) is 80.9 cm³/mol. The Bertz CT molecular complexity index is 603. The number of carbonyl (C=O) groups is 2. The molecule has 2 N–H and O–H groups in total. The third-order valence-corrected chi connectivity index (χ3v) is 3.53. The molecule has 0 saturated carbocycles. The molecule has 2 amide bonds. The SMILES string of the molecule is CC1(C)CC(=O)N(Cc2ccccc2C#CCN)C(=O)C1. The highest BCUT2D eigenvalue weighted by molar-refractivity contribution is 5.98. The van der Waals surface area contributed by atoms with Crippen LogP contribution in [-0.2, 0) is 16.1 Å². The van der Waals surface area contributed by atoms with Gasteiger partial charge < -0.3 is 5.73 Å². The third-order valence-electron chi connectivity index (χ3n) is 3.53. The van der Waals surface area contributed by atoms with E-state index in [0.717, 1.165) is 11.1 Å². The van der Waals surface area contributed by atoms with Gasteiger partial charge >= 0.3 is 0 Å². The number of piperidine rings is 1. The first-order valence-corrected chi connectivity index (χ1v) is 7.03. The smallest absolute Gasteiger partial charge is 0.230 e. The molecule has 1 saturated heterocycles. The lowest BCUT2D eigenvalue weighted by Gasteiger charge is -2.34. The van der Waals surface area contributed by atoms with E-state index >= 15 is 0 Å². The minimum atomic E-state index is -0.246. The van der Waals surface area contributed by atoms with Gasteiger partial charge in [-0.1, -0.05) is 43.9 Å². The van der Waals surface area contributed by atoms with Crippen LogP contribution >= 0.6 is 0 Å². The van der Waals surface area contributed by atoms with E-state index in [-0.39, 0.29) is 30.3 Å². The van der Waals surface area contributed by atoms with Crippen molar-refractivity contribution >= 4 is 11.8 Å². The fourth-order valence-electron chi connectivity index (χ4n) is 2.48. The Morgan fingerprint density at radius 2 is 1.81 bits per heavy atom. The molecule has 21 heavy (non-hydrogen) atoms. The zero-order valence-electron chi connectivity index (χ0n) is 12.5. The second-order valence-electron chi connectivity index (χ2n) is 6.05. The number of nitrogens with two attached hydrogens (primary N) is 1. The first kappa shape index (κ1) is 15.3. The lowest BCUT2D eigenvalue weighted by Crippen LogP contribution is -2.45. The first-order chi connectivity index (χ1) is 9.93. The summed E-state index contributed by atoms with van der Waals surface area (Å²) in [5, 5.41) is 0. The highest BCUT2D eigenvalue weighted by Gasteiger charge is 2.37. The molecule has 1 aromatic rings. The Hall–Kier alpha value is -2.12. The highest BCUT2D eigenvalue weighted by Crippen LogP contribution is 2.32. The van der Waals surface area contributed by atoms with Gasteiger partial charge in [0.15, 0.2) is 0 Å². The molecule has 0 atom stereocenters. The summed E-state index contributed by atoms with van der Waals surface area (Å²) in [6.07, 6.45) is 0.796. The minimum Gasteiger partial charge on any atom is -0.320 e. The van der Waals surface area contributed by atoms with Crippen molar-refractivity contribution in [3.05, 3.63) is 35.4 Å². The summed E-state index contributed by atoms with van der Waals surface area (Å²) >= 11 is 0. The number of hydrogen-bond donors (Lipinski definition) is 1. The largest absolute Gasteiger partial charge is 0.320 e. The van der Waals surface area contributed by atoms with Crippen LogP contribution in [0.25, 0.3) is 0 Å². The van der Waals surface area contributed by atoms with E-state index in [1.54, 1.807) is 0 Å². The Kier molecular flexibility index (Phi) is 4.44. The lowest BCUT2D eigenvalue weighted by molar-refractivity contribution is -0.153. The van der Waals surface area contributed by atoms with Crippen LogP contribution in [0.1, 0.15) is 37.8 Å². The Morgan fingerprint density at radius 1 is 1.19 bits per heavy atom. The summed E-state index contributed by atoms with van der Waals surface area (Å²) in [4.78, 5) is 25.7. The molecular weight excluding hydrogens is 264 g/mol. The molecule has 4 nitrogen and oxygen atoms in total. The molecule has 0 spiro atoms. The Morgan fingerprint density at radius 3 is 2.43 bits per heavy atom. The van der Waals surface area contributed by atoms with E-state index in [2.05, 4.69) is 11.8 Å². The van der Waals surface area contributed by atoms with Gasteiger partial charge in [0.05, 0.1) is 13.1 Å². The minimum absolute atomic E-state index is 0.113. The summed E-state index contributed by atoms with van der Waals surface area (Å²) < 4.78 is 0. The van der Waals surface area contributed by atoms with Gasteiger partial charge in [-0.05, 0) is 17.0 Å². The Labute approximate surface area is 125 Å². The van der Waals surface area contributed by atoms with Gasteiger partial charge in [0, 0.05) is 18.4 Å². The molecule has 1 aliphatic heterocycles. The van der Waals surface area contributed by atoms with Crippen LogP contribution in [0.4, 0.5) is 0 Å². The van der Waals surface area contributed by atoms with E-state index in [0.29, 0.717) is 12.8 Å². The second-order valence-corrected chi connectivity index (χ2v) is 6.05. The monoisotopic (exact) mass is 284 g/mol. The molecule has 0 unspecified atom stereocenters. The van der Waals surface area contributed by atoms with E-state index in [1.165, 1.54) is 4.90 Å². The van der Waals surface area contributed by atoms with Gasteiger partial charge in [-0.25, -0.2) is 0 Å². The molecule has 0 aromatic heterocycles. The number of nitrogens with zero attached hydrogens (tertiary/aromatic N) is 1. The summed E-state index contributed by atoms with van der Waals surface area (Å²) in [7, 11) is 0. The van der Waals surface area contributed by atoms with Crippen molar-refractivity contribution in [1.29, 1.82) is 0 Å². The van der Waals surface area contributed by atoms with Gasteiger partial charge in [-0.15, -0.1) is 0 Å². The van der Waals surface area contributed by atoms with Gasteiger partial charge in [0.25, 0.3) is 0 Å². The van der Waals surface area contributed by atoms with Gasteiger partial charge in [-0.2, -0.15) is 0 Å². The standard InChI is InChI=1S/C17H20N2O2/c1-17(2)10-15(20)19(16(21)11-17)12-14-7-4-3-6-13(14)8-5-9-18/h3-4,6-7H,9-12,18H2,1-2H3. The van der Waals surface area contributed by atoms with Crippen molar-refractivity contribution in [3.63, 3.8) is 0 Å². The van der Waals surface area contributed by atoms with Crippen LogP contribution in [0, 0.1) is 17.3 Å². The molecule has 2 rings (SSSR count). The van der Waals surface area contributed by atoms with Crippen LogP contribution in [0.5, 0.6) is 0 Å². The first-order valence-electron chi connectivity index (χ1n) is 7.03. The van der Waals surface area contributed by atoms with E-state index in [1.807, 2.05) is 38.1 Å². The van der Waals surface area contributed by atoms with Crippen molar-refractivity contribution in [3.8, 4) is 11.8 Å². The predicted octanol–water partition coefficient (Wildman–Crippen LogP) is 1.67. The van der Waals surface area contributed by atoms with E-state index < -0.39 is 0 Å². The van der Waals surface area contributed by atoms with Crippen LogP contribution in [0.2, 0.25) is 0 Å². The van der Waals surface area contributed by atoms with Crippen molar-refractivity contribution in [2.24, 2.45) is 11.1 Å². The molecule has 1 heterocycles. The summed E-state index contributed by atoms with van der Waals surface area (Å²) in [5.41, 5.74) is 6.83. The third kappa shape index (κ3) is 3.71. The van der Waals surface area contributed by atoms with Crippen molar-refractivity contribution in [1.82, 2.24) is 4.90 Å². The van der Waals surface area contributed by atoms with Crippen LogP contribution < -0.4 is 5.73 Å². The normalized spacial score (nSPS) is 17.4. The molecule has 110 valence electrons. The van der Waals surface area contributed by atoms with Crippen LogP contribution in [-0.4, -0.2) is 23.3 Å². The average molecular weight is 284 g/mol. The molecule has 0 radical (unpaired) electrons. The van der Waals surface area contributed by atoms with E-state index in [9.17, 15) is 9.59 Å². The van der Waals surface area contributed by atoms with Gasteiger partial charge in [0.2, 0.25) is 11.8 Å². The maximum Gasteiger partial charge on any atom is 0.230 e. The number of imide groups is 1. The summed E-state index contributed by atoms with van der Waals surface area (Å²) in [6.45, 7) is 4.45. The number of amides is 2. The Balaban J connectivity index is 2.22. The van der Waals surface area contributed by atoms with E-state index in [4.69, 9.17) is 5.73 Å². The molecule has 1 fully saturated rings. The molecule has 1 aliphatic rings. The molecule has 0 aliphatic carbocycles. The zero-order chi connectivity index (χ0) is 15.5. The van der Waals surface area contributed by atoms with Crippen molar-refractivity contribution in [2.45, 2.75) is 33.2 Å². The maximum atomic E-state index is 12.2. The quantitative estimate of drug-likeness (QED) is 0.664. The fraction of sp³-hybridized carbons (Fsp3) is 0.412.